The predicted molar refractivity (Wildman–Crippen MR) is 80.9 cm³/mol. The van der Waals surface area contributed by atoms with Gasteiger partial charge in [0, 0.05) is 16.8 Å². The lowest BCUT2D eigenvalue weighted by Gasteiger charge is -2.13. The molecule has 0 saturated carbocycles. The molecule has 0 aliphatic heterocycles. The largest absolute Gasteiger partial charge is 0.398 e. The number of anilines is 2. The summed E-state index contributed by atoms with van der Waals surface area (Å²) in [6.07, 6.45) is -0.665. The van der Waals surface area contributed by atoms with Crippen molar-refractivity contribution in [2.45, 2.75) is 13.0 Å². The van der Waals surface area contributed by atoms with E-state index >= 15 is 0 Å². The number of hydrogen-bond donors (Lipinski definition) is 3. The van der Waals surface area contributed by atoms with Gasteiger partial charge in [-0.15, -0.1) is 0 Å². The van der Waals surface area contributed by atoms with E-state index in [2.05, 4.69) is 5.32 Å². The smallest absolute Gasteiger partial charge is 0.255 e. The van der Waals surface area contributed by atoms with Crippen LogP contribution in [0.15, 0.2) is 42.5 Å². The van der Waals surface area contributed by atoms with Crippen LogP contribution in [0.5, 0.6) is 0 Å². The minimum atomic E-state index is -0.665. The van der Waals surface area contributed by atoms with Crippen molar-refractivity contribution in [1.82, 2.24) is 0 Å². The summed E-state index contributed by atoms with van der Waals surface area (Å²) in [6, 6.07) is 11.8. The van der Waals surface area contributed by atoms with Gasteiger partial charge in [0.05, 0.1) is 16.8 Å². The number of aliphatic hydroxyl groups excluding tert-OH is 1. The average molecular weight is 291 g/mol. The first kappa shape index (κ1) is 14.4. The normalized spacial score (nSPS) is 11.9. The Morgan fingerprint density at radius 1 is 1.30 bits per heavy atom. The van der Waals surface area contributed by atoms with Gasteiger partial charge in [0.15, 0.2) is 0 Å². The third-order valence-corrected chi connectivity index (χ3v) is 3.26. The molecule has 1 atom stereocenters. The fourth-order valence-corrected chi connectivity index (χ4v) is 1.97. The SMILES string of the molecule is CC(O)c1ccccc1NC(=O)c1ccc(Cl)c(N)c1. The zero-order chi connectivity index (χ0) is 14.7. The number of halogens is 1. The maximum Gasteiger partial charge on any atom is 0.255 e. The minimum Gasteiger partial charge on any atom is -0.398 e. The van der Waals surface area contributed by atoms with Crippen LogP contribution in [-0.2, 0) is 0 Å². The topological polar surface area (TPSA) is 75.3 Å². The Hall–Kier alpha value is -2.04. The molecule has 0 aliphatic rings. The van der Waals surface area contributed by atoms with E-state index in [9.17, 15) is 9.90 Å². The Labute approximate surface area is 122 Å². The molecule has 0 fully saturated rings. The monoisotopic (exact) mass is 290 g/mol. The molecule has 104 valence electrons. The van der Waals surface area contributed by atoms with Gasteiger partial charge in [0.2, 0.25) is 0 Å². The first-order valence-corrected chi connectivity index (χ1v) is 6.50. The molecule has 0 heterocycles. The first-order valence-electron chi connectivity index (χ1n) is 6.12. The molecule has 5 heteroatoms. The van der Waals surface area contributed by atoms with E-state index in [1.54, 1.807) is 43.3 Å². The quantitative estimate of drug-likeness (QED) is 0.760. The fraction of sp³-hybridized carbons (Fsp3) is 0.133. The number of carbonyl (C=O) groups is 1. The van der Waals surface area contributed by atoms with E-state index in [-0.39, 0.29) is 5.91 Å². The molecule has 2 aromatic rings. The zero-order valence-electron chi connectivity index (χ0n) is 10.9. The van der Waals surface area contributed by atoms with Crippen molar-refractivity contribution in [2.75, 3.05) is 11.1 Å². The summed E-state index contributed by atoms with van der Waals surface area (Å²) in [5.41, 5.74) is 7.66. The number of amides is 1. The summed E-state index contributed by atoms with van der Waals surface area (Å²) >= 11 is 5.82. The molecule has 0 saturated heterocycles. The van der Waals surface area contributed by atoms with Crippen LogP contribution in [0, 0.1) is 0 Å². The molecule has 0 radical (unpaired) electrons. The standard InChI is InChI=1S/C15H15ClN2O2/c1-9(19)11-4-2-3-5-14(11)18-15(20)10-6-7-12(16)13(17)8-10/h2-9,19H,17H2,1H3,(H,18,20). The van der Waals surface area contributed by atoms with Gasteiger partial charge in [0.25, 0.3) is 5.91 Å². The number of aliphatic hydroxyl groups is 1. The third-order valence-electron chi connectivity index (χ3n) is 2.92. The van der Waals surface area contributed by atoms with Gasteiger partial charge in [-0.25, -0.2) is 0 Å². The van der Waals surface area contributed by atoms with E-state index in [1.807, 2.05) is 0 Å². The number of nitrogen functional groups attached to an aromatic ring is 1. The molecule has 0 spiro atoms. The molecule has 2 rings (SSSR count). The molecule has 20 heavy (non-hydrogen) atoms. The maximum atomic E-state index is 12.2. The number of hydrogen-bond acceptors (Lipinski definition) is 3. The van der Waals surface area contributed by atoms with Gasteiger partial charge in [0.1, 0.15) is 0 Å². The second-order valence-electron chi connectivity index (χ2n) is 4.45. The summed E-state index contributed by atoms with van der Waals surface area (Å²) in [7, 11) is 0. The van der Waals surface area contributed by atoms with E-state index in [1.165, 1.54) is 6.07 Å². The van der Waals surface area contributed by atoms with Crippen molar-refractivity contribution in [1.29, 1.82) is 0 Å². The van der Waals surface area contributed by atoms with Crippen molar-refractivity contribution in [3.63, 3.8) is 0 Å². The fourth-order valence-electron chi connectivity index (χ4n) is 1.85. The molecule has 1 amide bonds. The van der Waals surface area contributed by atoms with Crippen molar-refractivity contribution >= 4 is 28.9 Å². The lowest BCUT2D eigenvalue weighted by Crippen LogP contribution is -2.14. The molecule has 4 nitrogen and oxygen atoms in total. The Morgan fingerprint density at radius 3 is 2.65 bits per heavy atom. The number of para-hydroxylation sites is 1. The Morgan fingerprint density at radius 2 is 2.00 bits per heavy atom. The van der Waals surface area contributed by atoms with Gasteiger partial charge in [-0.3, -0.25) is 4.79 Å². The zero-order valence-corrected chi connectivity index (χ0v) is 11.7. The molecule has 0 aromatic heterocycles. The van der Waals surface area contributed by atoms with Gasteiger partial charge < -0.3 is 16.2 Å². The van der Waals surface area contributed by atoms with Crippen molar-refractivity contribution in [2.24, 2.45) is 0 Å². The van der Waals surface area contributed by atoms with Crippen LogP contribution in [0.2, 0.25) is 5.02 Å². The third kappa shape index (κ3) is 3.10. The van der Waals surface area contributed by atoms with Crippen molar-refractivity contribution in [3.8, 4) is 0 Å². The van der Waals surface area contributed by atoms with Crippen LogP contribution in [-0.4, -0.2) is 11.0 Å². The van der Waals surface area contributed by atoms with Gasteiger partial charge in [-0.1, -0.05) is 29.8 Å². The summed E-state index contributed by atoms with van der Waals surface area (Å²) < 4.78 is 0. The lowest BCUT2D eigenvalue weighted by molar-refractivity contribution is 0.102. The number of nitrogens with one attached hydrogen (secondary N) is 1. The second-order valence-corrected chi connectivity index (χ2v) is 4.86. The Balaban J connectivity index is 2.26. The minimum absolute atomic E-state index is 0.304. The molecule has 1 unspecified atom stereocenters. The van der Waals surface area contributed by atoms with Crippen LogP contribution < -0.4 is 11.1 Å². The Bertz CT molecular complexity index is 642. The first-order chi connectivity index (χ1) is 9.49. The molecule has 0 bridgehead atoms. The highest BCUT2D eigenvalue weighted by molar-refractivity contribution is 6.33. The van der Waals surface area contributed by atoms with Gasteiger partial charge in [-0.2, -0.15) is 0 Å². The highest BCUT2D eigenvalue weighted by atomic mass is 35.5. The molecule has 2 aromatic carbocycles. The van der Waals surface area contributed by atoms with Crippen LogP contribution in [0.25, 0.3) is 0 Å². The molecule has 4 N–H and O–H groups in total. The van der Waals surface area contributed by atoms with Crippen LogP contribution in [0.4, 0.5) is 11.4 Å². The van der Waals surface area contributed by atoms with Gasteiger partial charge >= 0.3 is 0 Å². The Kier molecular flexibility index (Phi) is 4.27. The number of rotatable bonds is 3. The predicted octanol–water partition coefficient (Wildman–Crippen LogP) is 3.23. The van der Waals surface area contributed by atoms with Crippen LogP contribution in [0.1, 0.15) is 28.9 Å². The van der Waals surface area contributed by atoms with E-state index in [0.717, 1.165) is 0 Å². The molecule has 0 aliphatic carbocycles. The number of nitrogens with two attached hydrogens (primary N) is 1. The summed E-state index contributed by atoms with van der Waals surface area (Å²) in [6.45, 7) is 1.64. The summed E-state index contributed by atoms with van der Waals surface area (Å²) in [4.78, 5) is 12.2. The van der Waals surface area contributed by atoms with E-state index < -0.39 is 6.10 Å². The highest BCUT2D eigenvalue weighted by Crippen LogP contribution is 2.24. The molecular weight excluding hydrogens is 276 g/mol. The van der Waals surface area contributed by atoms with Crippen LogP contribution in [0.3, 0.4) is 0 Å². The van der Waals surface area contributed by atoms with Crippen molar-refractivity contribution < 1.29 is 9.90 Å². The van der Waals surface area contributed by atoms with Crippen LogP contribution >= 0.6 is 11.6 Å². The van der Waals surface area contributed by atoms with E-state index in [0.29, 0.717) is 27.5 Å². The van der Waals surface area contributed by atoms with Gasteiger partial charge in [-0.05, 0) is 31.2 Å². The lowest BCUT2D eigenvalue weighted by atomic mass is 10.1. The van der Waals surface area contributed by atoms with Crippen molar-refractivity contribution in [3.05, 3.63) is 58.6 Å². The summed E-state index contributed by atoms with van der Waals surface area (Å²) in [5, 5.41) is 12.8. The van der Waals surface area contributed by atoms with E-state index in [4.69, 9.17) is 17.3 Å². The second kappa shape index (κ2) is 5.94. The highest BCUT2D eigenvalue weighted by Gasteiger charge is 2.12. The summed E-state index contributed by atoms with van der Waals surface area (Å²) in [5.74, 6) is -0.304. The number of benzene rings is 2. The maximum absolute atomic E-state index is 12.2. The molecular formula is C15H15ClN2O2. The number of carbonyl (C=O) groups excluding carboxylic acids is 1. The average Bonchev–Trinajstić information content (AvgIpc) is 2.42.